The number of anilines is 1. The molecule has 3 aromatic rings. The normalized spacial score (nSPS) is 10.2. The van der Waals surface area contributed by atoms with Crippen LogP contribution in [0.25, 0.3) is 11.3 Å². The van der Waals surface area contributed by atoms with Crippen molar-refractivity contribution in [2.24, 2.45) is 0 Å². The average Bonchev–Trinajstić information content (AvgIpc) is 2.63. The lowest BCUT2D eigenvalue weighted by Gasteiger charge is -2.10. The summed E-state index contributed by atoms with van der Waals surface area (Å²) >= 11 is 6.17. The van der Waals surface area contributed by atoms with Crippen LogP contribution in [0.4, 0.5) is 5.69 Å². The molecule has 0 aliphatic carbocycles. The topological polar surface area (TPSA) is 77.0 Å². The molecule has 6 nitrogen and oxygen atoms in total. The van der Waals surface area contributed by atoms with Gasteiger partial charge in [0.1, 0.15) is 12.0 Å². The van der Waals surface area contributed by atoms with Gasteiger partial charge in [0.25, 0.3) is 5.91 Å². The van der Waals surface area contributed by atoms with Gasteiger partial charge < -0.3 is 10.1 Å². The molecule has 1 N–H and O–H groups in total. The van der Waals surface area contributed by atoms with E-state index in [1.54, 1.807) is 18.3 Å². The van der Waals surface area contributed by atoms with E-state index in [0.717, 1.165) is 11.3 Å². The number of halogens is 1. The molecule has 0 fully saturated rings. The van der Waals surface area contributed by atoms with Crippen molar-refractivity contribution in [3.05, 3.63) is 65.7 Å². The maximum atomic E-state index is 12.6. The highest BCUT2D eigenvalue weighted by Gasteiger charge is 2.15. The fraction of sp³-hybridized carbons (Fsp3) is 0.0588. The van der Waals surface area contributed by atoms with E-state index < -0.39 is 0 Å². The monoisotopic (exact) mass is 340 g/mol. The van der Waals surface area contributed by atoms with Crippen LogP contribution in [0.15, 0.2) is 55.1 Å². The molecule has 0 spiro atoms. The summed E-state index contributed by atoms with van der Waals surface area (Å²) in [4.78, 5) is 24.7. The Balaban J connectivity index is 1.92. The summed E-state index contributed by atoms with van der Waals surface area (Å²) in [5.41, 5.74) is 2.24. The molecular weight excluding hydrogens is 328 g/mol. The number of nitrogens with zero attached hydrogens (tertiary/aromatic N) is 3. The zero-order valence-corrected chi connectivity index (χ0v) is 13.5. The van der Waals surface area contributed by atoms with Gasteiger partial charge in [-0.3, -0.25) is 9.78 Å². The van der Waals surface area contributed by atoms with Crippen LogP contribution in [0.3, 0.4) is 0 Å². The first kappa shape index (κ1) is 15.9. The van der Waals surface area contributed by atoms with Crippen LogP contribution in [-0.4, -0.2) is 28.0 Å². The van der Waals surface area contributed by atoms with Crippen LogP contribution in [0.1, 0.15) is 10.4 Å². The number of rotatable bonds is 4. The van der Waals surface area contributed by atoms with Gasteiger partial charge in [0.2, 0.25) is 5.88 Å². The highest BCUT2D eigenvalue weighted by Crippen LogP contribution is 2.26. The number of nitrogens with one attached hydrogen (secondary N) is 1. The van der Waals surface area contributed by atoms with Crippen LogP contribution < -0.4 is 10.1 Å². The number of carbonyl (C=O) groups excluding carboxylic acids is 1. The zero-order valence-electron chi connectivity index (χ0n) is 12.7. The molecule has 2 aromatic heterocycles. The van der Waals surface area contributed by atoms with Crippen LogP contribution >= 0.6 is 11.6 Å². The third-order valence-corrected chi connectivity index (χ3v) is 3.62. The molecule has 0 aliphatic heterocycles. The second kappa shape index (κ2) is 7.06. The van der Waals surface area contributed by atoms with Crippen molar-refractivity contribution in [1.82, 2.24) is 15.0 Å². The summed E-state index contributed by atoms with van der Waals surface area (Å²) in [6.45, 7) is 0. The van der Waals surface area contributed by atoms with Gasteiger partial charge in [-0.05, 0) is 24.3 Å². The van der Waals surface area contributed by atoms with Gasteiger partial charge in [-0.15, -0.1) is 0 Å². The molecule has 24 heavy (non-hydrogen) atoms. The molecule has 0 saturated heterocycles. The summed E-state index contributed by atoms with van der Waals surface area (Å²) in [5, 5.41) is 3.04. The second-order valence-corrected chi connectivity index (χ2v) is 5.22. The third kappa shape index (κ3) is 3.33. The number of carbonyl (C=O) groups is 1. The summed E-state index contributed by atoms with van der Waals surface area (Å²) in [7, 11) is 1.46. The van der Waals surface area contributed by atoms with Crippen molar-refractivity contribution in [3.8, 4) is 17.1 Å². The van der Waals surface area contributed by atoms with Crippen LogP contribution in [-0.2, 0) is 0 Å². The third-order valence-electron chi connectivity index (χ3n) is 3.29. The van der Waals surface area contributed by atoms with Gasteiger partial charge >= 0.3 is 0 Å². The van der Waals surface area contributed by atoms with E-state index in [2.05, 4.69) is 20.3 Å². The maximum absolute atomic E-state index is 12.6. The molecule has 1 amide bonds. The SMILES string of the molecule is COc1ncncc1NC(=O)c1cc(-c2ccccn2)ccc1Cl. The number of pyridine rings is 1. The number of hydrogen-bond acceptors (Lipinski definition) is 5. The number of ether oxygens (including phenoxy) is 1. The summed E-state index contributed by atoms with van der Waals surface area (Å²) < 4.78 is 5.10. The predicted molar refractivity (Wildman–Crippen MR) is 91.2 cm³/mol. The molecule has 1 aromatic carbocycles. The zero-order chi connectivity index (χ0) is 16.9. The Morgan fingerprint density at radius 3 is 2.83 bits per heavy atom. The predicted octanol–water partition coefficient (Wildman–Crippen LogP) is 3.45. The summed E-state index contributed by atoms with van der Waals surface area (Å²) in [6, 6.07) is 10.7. The summed E-state index contributed by atoms with van der Waals surface area (Å²) in [5.74, 6) is -0.110. The van der Waals surface area contributed by atoms with Gasteiger partial charge in [0.15, 0.2) is 0 Å². The van der Waals surface area contributed by atoms with E-state index in [-0.39, 0.29) is 11.8 Å². The van der Waals surface area contributed by atoms with Crippen LogP contribution in [0, 0.1) is 0 Å². The lowest BCUT2D eigenvalue weighted by Crippen LogP contribution is -2.14. The molecule has 0 unspecified atom stereocenters. The highest BCUT2D eigenvalue weighted by atomic mass is 35.5. The maximum Gasteiger partial charge on any atom is 0.257 e. The van der Waals surface area contributed by atoms with E-state index in [1.165, 1.54) is 19.6 Å². The Labute approximate surface area is 143 Å². The van der Waals surface area contributed by atoms with Crippen molar-refractivity contribution in [2.45, 2.75) is 0 Å². The average molecular weight is 341 g/mol. The number of aromatic nitrogens is 3. The van der Waals surface area contributed by atoms with Crippen LogP contribution in [0.2, 0.25) is 5.02 Å². The first-order valence-electron chi connectivity index (χ1n) is 7.05. The van der Waals surface area contributed by atoms with Gasteiger partial charge in [0, 0.05) is 11.8 Å². The number of benzene rings is 1. The van der Waals surface area contributed by atoms with E-state index in [0.29, 0.717) is 16.3 Å². The Morgan fingerprint density at radius 1 is 1.21 bits per heavy atom. The Morgan fingerprint density at radius 2 is 2.08 bits per heavy atom. The largest absolute Gasteiger partial charge is 0.479 e. The minimum atomic E-state index is -0.383. The number of hydrogen-bond donors (Lipinski definition) is 1. The van der Waals surface area contributed by atoms with Crippen molar-refractivity contribution < 1.29 is 9.53 Å². The van der Waals surface area contributed by atoms with E-state index in [1.807, 2.05) is 24.3 Å². The van der Waals surface area contributed by atoms with E-state index in [9.17, 15) is 4.79 Å². The smallest absolute Gasteiger partial charge is 0.257 e. The summed E-state index contributed by atoms with van der Waals surface area (Å²) in [6.07, 6.45) is 4.49. The molecule has 3 rings (SSSR count). The number of amides is 1. The van der Waals surface area contributed by atoms with E-state index in [4.69, 9.17) is 16.3 Å². The standard InChI is InChI=1S/C17H13ClN4O2/c1-24-17-15(9-19-10-21-17)22-16(23)12-8-11(5-6-13(12)18)14-4-2-3-7-20-14/h2-10H,1H3,(H,22,23). The molecule has 7 heteroatoms. The van der Waals surface area contributed by atoms with Crippen molar-refractivity contribution in [2.75, 3.05) is 12.4 Å². The molecule has 120 valence electrons. The molecule has 0 radical (unpaired) electrons. The van der Waals surface area contributed by atoms with Gasteiger partial charge in [0.05, 0.1) is 29.6 Å². The van der Waals surface area contributed by atoms with Gasteiger partial charge in [-0.25, -0.2) is 4.98 Å². The van der Waals surface area contributed by atoms with Crippen molar-refractivity contribution >= 4 is 23.2 Å². The Bertz CT molecular complexity index is 871. The Kier molecular flexibility index (Phi) is 4.67. The highest BCUT2D eigenvalue weighted by molar-refractivity contribution is 6.34. The Hall–Kier alpha value is -2.99. The minimum Gasteiger partial charge on any atom is -0.479 e. The minimum absolute atomic E-state index is 0.273. The lowest BCUT2D eigenvalue weighted by atomic mass is 10.1. The van der Waals surface area contributed by atoms with Crippen molar-refractivity contribution in [1.29, 1.82) is 0 Å². The molecule has 0 atom stereocenters. The molecule has 0 bridgehead atoms. The molecule has 0 saturated carbocycles. The second-order valence-electron chi connectivity index (χ2n) is 4.81. The van der Waals surface area contributed by atoms with Gasteiger partial charge in [-0.1, -0.05) is 23.7 Å². The fourth-order valence-corrected chi connectivity index (χ4v) is 2.35. The molecular formula is C17H13ClN4O2. The van der Waals surface area contributed by atoms with Crippen LogP contribution in [0.5, 0.6) is 5.88 Å². The first-order chi connectivity index (χ1) is 11.7. The number of methoxy groups -OCH3 is 1. The fourth-order valence-electron chi connectivity index (χ4n) is 2.15. The quantitative estimate of drug-likeness (QED) is 0.787. The van der Waals surface area contributed by atoms with Gasteiger partial charge in [-0.2, -0.15) is 4.98 Å². The van der Waals surface area contributed by atoms with Crippen molar-refractivity contribution in [3.63, 3.8) is 0 Å². The molecule has 0 aliphatic rings. The first-order valence-corrected chi connectivity index (χ1v) is 7.43. The lowest BCUT2D eigenvalue weighted by molar-refractivity contribution is 0.102. The van der Waals surface area contributed by atoms with E-state index >= 15 is 0 Å². The molecule has 2 heterocycles.